The molecule has 0 saturated carbocycles. The molecule has 0 amide bonds. The Morgan fingerprint density at radius 1 is 0.893 bits per heavy atom. The number of rotatable bonds is 12. The minimum absolute atomic E-state index is 0.171. The van der Waals surface area contributed by atoms with Crippen LogP contribution in [0.2, 0.25) is 0 Å². The smallest absolute Gasteiger partial charge is 0.230 e. The molecule has 0 aliphatic carbocycles. The summed E-state index contributed by atoms with van der Waals surface area (Å²) >= 11 is 0. The summed E-state index contributed by atoms with van der Waals surface area (Å²) in [5.74, 6) is 2.53. The van der Waals surface area contributed by atoms with Gasteiger partial charge in [-0.25, -0.2) is 0 Å². The van der Waals surface area contributed by atoms with Crippen molar-refractivity contribution in [2.45, 2.75) is 45.6 Å². The van der Waals surface area contributed by atoms with E-state index in [4.69, 9.17) is 18.9 Å². The number of benzene rings is 2. The van der Waals surface area contributed by atoms with E-state index in [1.54, 1.807) is 0 Å². The monoisotopic (exact) mass is 385 g/mol. The standard InChI is InChI=1S/C23H31NO4/c1-17-18(2)23(28-16-27-20-10-8-19(24-3)9-11-20)13-12-22(17)25-14-6-4-5-7-21-15-26-21/h8-13,21,24H,4-7,14-16H2,1-3H3. The third-order valence-electron chi connectivity index (χ3n) is 5.10. The Labute approximate surface area is 168 Å². The highest BCUT2D eigenvalue weighted by Gasteiger charge is 2.20. The Kier molecular flexibility index (Phi) is 7.43. The van der Waals surface area contributed by atoms with E-state index in [0.29, 0.717) is 6.10 Å². The van der Waals surface area contributed by atoms with Gasteiger partial charge in [-0.05, 0) is 80.6 Å². The van der Waals surface area contributed by atoms with Crippen molar-refractivity contribution < 1.29 is 18.9 Å². The second-order valence-electron chi connectivity index (χ2n) is 7.15. The van der Waals surface area contributed by atoms with E-state index in [1.807, 2.05) is 43.4 Å². The zero-order valence-corrected chi connectivity index (χ0v) is 17.1. The highest BCUT2D eigenvalue weighted by Crippen LogP contribution is 2.29. The number of ether oxygens (including phenoxy) is 4. The summed E-state index contributed by atoms with van der Waals surface area (Å²) in [5.41, 5.74) is 3.24. The first-order valence-electron chi connectivity index (χ1n) is 10.1. The third-order valence-corrected chi connectivity index (χ3v) is 5.10. The fraction of sp³-hybridized carbons (Fsp3) is 0.478. The van der Waals surface area contributed by atoms with Crippen LogP contribution in [0, 0.1) is 13.8 Å². The Morgan fingerprint density at radius 2 is 1.57 bits per heavy atom. The number of hydrogen-bond donors (Lipinski definition) is 1. The third kappa shape index (κ3) is 6.06. The highest BCUT2D eigenvalue weighted by atomic mass is 16.7. The van der Waals surface area contributed by atoms with Gasteiger partial charge >= 0.3 is 0 Å². The van der Waals surface area contributed by atoms with Crippen LogP contribution in [0.25, 0.3) is 0 Å². The van der Waals surface area contributed by atoms with Gasteiger partial charge in [0.15, 0.2) is 0 Å². The second-order valence-corrected chi connectivity index (χ2v) is 7.15. The van der Waals surface area contributed by atoms with E-state index >= 15 is 0 Å². The summed E-state index contributed by atoms with van der Waals surface area (Å²) in [6.07, 6.45) is 5.20. The molecule has 152 valence electrons. The fourth-order valence-electron chi connectivity index (χ4n) is 3.03. The lowest BCUT2D eigenvalue weighted by Gasteiger charge is -2.15. The second kappa shape index (κ2) is 10.2. The van der Waals surface area contributed by atoms with Crippen LogP contribution in [0.4, 0.5) is 5.69 Å². The van der Waals surface area contributed by atoms with E-state index in [0.717, 1.165) is 53.7 Å². The summed E-state index contributed by atoms with van der Waals surface area (Å²) in [6, 6.07) is 11.7. The number of epoxide rings is 1. The highest BCUT2D eigenvalue weighted by molar-refractivity contribution is 5.47. The molecule has 28 heavy (non-hydrogen) atoms. The maximum atomic E-state index is 5.97. The predicted octanol–water partition coefficient (Wildman–Crippen LogP) is 5.10. The van der Waals surface area contributed by atoms with Gasteiger partial charge in [-0.15, -0.1) is 0 Å². The van der Waals surface area contributed by atoms with Gasteiger partial charge < -0.3 is 24.3 Å². The molecule has 5 heteroatoms. The molecule has 2 aromatic carbocycles. The normalized spacial score (nSPS) is 15.2. The van der Waals surface area contributed by atoms with Gasteiger partial charge in [0.2, 0.25) is 6.79 Å². The largest absolute Gasteiger partial charge is 0.493 e. The molecule has 0 bridgehead atoms. The summed E-state index contributed by atoms with van der Waals surface area (Å²) in [7, 11) is 1.89. The molecule has 1 heterocycles. The lowest BCUT2D eigenvalue weighted by molar-refractivity contribution is 0.119. The summed E-state index contributed by atoms with van der Waals surface area (Å²) in [4.78, 5) is 0. The van der Waals surface area contributed by atoms with Gasteiger partial charge in [0.25, 0.3) is 0 Å². The van der Waals surface area contributed by atoms with Crippen molar-refractivity contribution in [3.63, 3.8) is 0 Å². The lowest BCUT2D eigenvalue weighted by atomic mass is 10.1. The summed E-state index contributed by atoms with van der Waals surface area (Å²) in [6.45, 7) is 5.99. The quantitative estimate of drug-likeness (QED) is 0.313. The van der Waals surface area contributed by atoms with Crippen molar-refractivity contribution in [3.8, 4) is 17.2 Å². The van der Waals surface area contributed by atoms with Gasteiger partial charge in [-0.2, -0.15) is 0 Å². The lowest BCUT2D eigenvalue weighted by Crippen LogP contribution is -2.07. The van der Waals surface area contributed by atoms with Crippen LogP contribution in [0.15, 0.2) is 36.4 Å². The molecule has 1 unspecified atom stereocenters. The van der Waals surface area contributed by atoms with Gasteiger partial charge in [-0.3, -0.25) is 0 Å². The number of hydrogen-bond acceptors (Lipinski definition) is 5. The molecular formula is C23H31NO4. The molecular weight excluding hydrogens is 354 g/mol. The first kappa shape index (κ1) is 20.3. The average Bonchev–Trinajstić information content (AvgIpc) is 3.54. The van der Waals surface area contributed by atoms with Crippen LogP contribution in [-0.4, -0.2) is 33.2 Å². The minimum Gasteiger partial charge on any atom is -0.493 e. The van der Waals surface area contributed by atoms with Crippen LogP contribution >= 0.6 is 0 Å². The van der Waals surface area contributed by atoms with Gasteiger partial charge in [-0.1, -0.05) is 6.42 Å². The predicted molar refractivity (Wildman–Crippen MR) is 112 cm³/mol. The molecule has 1 N–H and O–H groups in total. The van der Waals surface area contributed by atoms with Gasteiger partial charge in [0.1, 0.15) is 17.2 Å². The molecule has 1 saturated heterocycles. The van der Waals surface area contributed by atoms with Crippen LogP contribution in [-0.2, 0) is 4.74 Å². The first-order chi connectivity index (χ1) is 13.7. The molecule has 2 aromatic rings. The van der Waals surface area contributed by atoms with Crippen molar-refractivity contribution in [2.24, 2.45) is 0 Å². The van der Waals surface area contributed by atoms with Gasteiger partial charge in [0, 0.05) is 12.7 Å². The topological polar surface area (TPSA) is 52.2 Å². The van der Waals surface area contributed by atoms with Crippen molar-refractivity contribution in [3.05, 3.63) is 47.5 Å². The Bertz CT molecular complexity index is 741. The van der Waals surface area contributed by atoms with E-state index in [1.165, 1.54) is 19.3 Å². The van der Waals surface area contributed by atoms with Gasteiger partial charge in [0.05, 0.1) is 19.3 Å². The number of nitrogens with one attached hydrogen (secondary N) is 1. The van der Waals surface area contributed by atoms with E-state index in [-0.39, 0.29) is 6.79 Å². The molecule has 1 aliphatic heterocycles. The molecule has 1 aliphatic rings. The van der Waals surface area contributed by atoms with Crippen molar-refractivity contribution in [2.75, 3.05) is 32.4 Å². The van der Waals surface area contributed by atoms with Crippen molar-refractivity contribution in [1.29, 1.82) is 0 Å². The van der Waals surface area contributed by atoms with Crippen LogP contribution in [0.3, 0.4) is 0 Å². The minimum atomic E-state index is 0.171. The molecule has 5 nitrogen and oxygen atoms in total. The number of unbranched alkanes of at least 4 members (excludes halogenated alkanes) is 2. The SMILES string of the molecule is CNc1ccc(OCOc2ccc(OCCCCCC3CO3)c(C)c2C)cc1. The molecule has 0 spiro atoms. The zero-order chi connectivity index (χ0) is 19.8. The molecule has 0 aromatic heterocycles. The maximum Gasteiger partial charge on any atom is 0.230 e. The zero-order valence-electron chi connectivity index (χ0n) is 17.1. The van der Waals surface area contributed by atoms with Crippen LogP contribution in [0.1, 0.15) is 36.8 Å². The Hall–Kier alpha value is -2.40. The van der Waals surface area contributed by atoms with Crippen molar-refractivity contribution in [1.82, 2.24) is 0 Å². The molecule has 1 atom stereocenters. The Morgan fingerprint density at radius 3 is 2.21 bits per heavy atom. The van der Waals surface area contributed by atoms with E-state index < -0.39 is 0 Å². The van der Waals surface area contributed by atoms with E-state index in [9.17, 15) is 0 Å². The number of anilines is 1. The van der Waals surface area contributed by atoms with Crippen LogP contribution in [0.5, 0.6) is 17.2 Å². The maximum absolute atomic E-state index is 5.97. The fourth-order valence-corrected chi connectivity index (χ4v) is 3.03. The average molecular weight is 386 g/mol. The first-order valence-corrected chi connectivity index (χ1v) is 10.1. The van der Waals surface area contributed by atoms with Crippen LogP contribution < -0.4 is 19.5 Å². The van der Waals surface area contributed by atoms with E-state index in [2.05, 4.69) is 19.2 Å². The Balaban J connectivity index is 1.41. The summed E-state index contributed by atoms with van der Waals surface area (Å²) in [5, 5.41) is 3.08. The van der Waals surface area contributed by atoms with Crippen molar-refractivity contribution >= 4 is 5.69 Å². The molecule has 3 rings (SSSR count). The molecule has 1 fully saturated rings. The summed E-state index contributed by atoms with van der Waals surface area (Å²) < 4.78 is 22.7. The molecule has 0 radical (unpaired) electrons.